The van der Waals surface area contributed by atoms with E-state index >= 15 is 0 Å². The molecule has 5 heteroatoms. The van der Waals surface area contributed by atoms with Gasteiger partial charge in [-0.1, -0.05) is 17.7 Å². The van der Waals surface area contributed by atoms with Crippen LogP contribution in [-0.2, 0) is 11.2 Å². The van der Waals surface area contributed by atoms with Crippen LogP contribution in [0.2, 0.25) is 5.02 Å². The molecule has 0 saturated carbocycles. The van der Waals surface area contributed by atoms with E-state index in [1.54, 1.807) is 6.92 Å². The fraction of sp³-hybridized carbons (Fsp3) is 0.333. The predicted molar refractivity (Wildman–Crippen MR) is 62.9 cm³/mol. The lowest BCUT2D eigenvalue weighted by Crippen LogP contribution is -2.33. The van der Waals surface area contributed by atoms with Crippen LogP contribution < -0.4 is 5.32 Å². The number of rotatable bonds is 4. The number of amides is 1. The second kappa shape index (κ2) is 6.21. The second-order valence-corrected chi connectivity index (χ2v) is 4.11. The van der Waals surface area contributed by atoms with Gasteiger partial charge in [-0.15, -0.1) is 0 Å². The standard InChI is InChI=1S/C12H12ClFN2O/c1-8(5-6-15)16-12(17)7-9-10(13)3-2-4-11(9)14/h2-4,8H,5,7H2,1H3,(H,16,17). The number of nitriles is 1. The van der Waals surface area contributed by atoms with Gasteiger partial charge < -0.3 is 5.32 Å². The summed E-state index contributed by atoms with van der Waals surface area (Å²) in [5, 5.41) is 11.3. The molecule has 0 aliphatic rings. The van der Waals surface area contributed by atoms with Gasteiger partial charge in [0.05, 0.1) is 18.9 Å². The Bertz CT molecular complexity index is 436. The summed E-state index contributed by atoms with van der Waals surface area (Å²) in [6.45, 7) is 1.71. The highest BCUT2D eigenvalue weighted by atomic mass is 35.5. The van der Waals surface area contributed by atoms with E-state index in [1.807, 2.05) is 6.07 Å². The number of carbonyl (C=O) groups excluding carboxylic acids is 1. The van der Waals surface area contributed by atoms with Gasteiger partial charge in [-0.25, -0.2) is 4.39 Å². The quantitative estimate of drug-likeness (QED) is 0.897. The molecule has 0 aromatic heterocycles. The molecule has 1 N–H and O–H groups in total. The van der Waals surface area contributed by atoms with Crippen LogP contribution >= 0.6 is 11.6 Å². The number of nitrogens with one attached hydrogen (secondary N) is 1. The van der Waals surface area contributed by atoms with Gasteiger partial charge in [-0.2, -0.15) is 5.26 Å². The summed E-state index contributed by atoms with van der Waals surface area (Å²) in [6.07, 6.45) is 0.0953. The first-order chi connectivity index (χ1) is 8.04. The summed E-state index contributed by atoms with van der Waals surface area (Å²) < 4.78 is 13.4. The minimum absolute atomic E-state index is 0.124. The number of carbonyl (C=O) groups is 1. The average Bonchev–Trinajstić information content (AvgIpc) is 2.24. The average molecular weight is 255 g/mol. The van der Waals surface area contributed by atoms with Crippen molar-refractivity contribution in [3.05, 3.63) is 34.6 Å². The van der Waals surface area contributed by atoms with Crippen molar-refractivity contribution >= 4 is 17.5 Å². The van der Waals surface area contributed by atoms with Crippen molar-refractivity contribution in [2.24, 2.45) is 0 Å². The molecule has 1 amide bonds. The van der Waals surface area contributed by atoms with Crippen LogP contribution in [0.3, 0.4) is 0 Å². The zero-order valence-corrected chi connectivity index (χ0v) is 10.1. The van der Waals surface area contributed by atoms with E-state index in [0.29, 0.717) is 0 Å². The monoisotopic (exact) mass is 254 g/mol. The number of halogens is 2. The van der Waals surface area contributed by atoms with Gasteiger partial charge in [0.15, 0.2) is 0 Å². The Morgan fingerprint density at radius 2 is 2.35 bits per heavy atom. The summed E-state index contributed by atoms with van der Waals surface area (Å²) in [7, 11) is 0. The molecule has 0 radical (unpaired) electrons. The van der Waals surface area contributed by atoms with Crippen LogP contribution in [0.15, 0.2) is 18.2 Å². The third-order valence-corrected chi connectivity index (χ3v) is 2.56. The summed E-state index contributed by atoms with van der Waals surface area (Å²) in [5.74, 6) is -0.847. The highest BCUT2D eigenvalue weighted by molar-refractivity contribution is 6.31. The Morgan fingerprint density at radius 1 is 1.65 bits per heavy atom. The van der Waals surface area contributed by atoms with Crippen LogP contribution in [0.5, 0.6) is 0 Å². The Morgan fingerprint density at radius 3 is 2.94 bits per heavy atom. The fourth-order valence-electron chi connectivity index (χ4n) is 1.38. The molecule has 1 unspecified atom stereocenters. The van der Waals surface area contributed by atoms with Crippen LogP contribution in [0.4, 0.5) is 4.39 Å². The van der Waals surface area contributed by atoms with Crippen molar-refractivity contribution in [1.29, 1.82) is 5.26 Å². The van der Waals surface area contributed by atoms with Gasteiger partial charge in [0, 0.05) is 16.6 Å². The molecule has 0 aliphatic carbocycles. The number of benzene rings is 1. The van der Waals surface area contributed by atoms with Gasteiger partial charge in [-0.3, -0.25) is 4.79 Å². The van der Waals surface area contributed by atoms with Crippen LogP contribution in [0, 0.1) is 17.1 Å². The van der Waals surface area contributed by atoms with Crippen molar-refractivity contribution in [3.63, 3.8) is 0 Å². The molecule has 1 aromatic carbocycles. The molecule has 1 atom stereocenters. The molecule has 0 heterocycles. The van der Waals surface area contributed by atoms with E-state index in [2.05, 4.69) is 5.32 Å². The molecule has 0 saturated heterocycles. The van der Waals surface area contributed by atoms with Crippen molar-refractivity contribution in [2.75, 3.05) is 0 Å². The zero-order chi connectivity index (χ0) is 12.8. The van der Waals surface area contributed by atoms with Gasteiger partial charge in [0.1, 0.15) is 5.82 Å². The molecule has 0 bridgehead atoms. The van der Waals surface area contributed by atoms with E-state index < -0.39 is 5.82 Å². The largest absolute Gasteiger partial charge is 0.352 e. The highest BCUT2D eigenvalue weighted by Gasteiger charge is 2.13. The number of hydrogen-bond acceptors (Lipinski definition) is 2. The van der Waals surface area contributed by atoms with Crippen LogP contribution in [0.25, 0.3) is 0 Å². The van der Waals surface area contributed by atoms with Crippen LogP contribution in [0.1, 0.15) is 18.9 Å². The molecular weight excluding hydrogens is 243 g/mol. The maximum absolute atomic E-state index is 13.4. The Balaban J connectivity index is 2.66. The van der Waals surface area contributed by atoms with Gasteiger partial charge >= 0.3 is 0 Å². The van der Waals surface area contributed by atoms with Crippen molar-refractivity contribution in [2.45, 2.75) is 25.8 Å². The van der Waals surface area contributed by atoms with Crippen molar-refractivity contribution in [1.82, 2.24) is 5.32 Å². The van der Waals surface area contributed by atoms with E-state index in [-0.39, 0.29) is 35.4 Å². The van der Waals surface area contributed by atoms with Gasteiger partial charge in [0.25, 0.3) is 0 Å². The topological polar surface area (TPSA) is 52.9 Å². The maximum atomic E-state index is 13.4. The summed E-state index contributed by atoms with van der Waals surface area (Å²) in [6, 6.07) is 5.97. The Kier molecular flexibility index (Phi) is 4.92. The third kappa shape index (κ3) is 4.04. The lowest BCUT2D eigenvalue weighted by atomic mass is 10.1. The third-order valence-electron chi connectivity index (χ3n) is 2.20. The normalized spacial score (nSPS) is 11.6. The van der Waals surface area contributed by atoms with Crippen LogP contribution in [-0.4, -0.2) is 11.9 Å². The first kappa shape index (κ1) is 13.5. The first-order valence-corrected chi connectivity index (χ1v) is 5.51. The van der Waals surface area contributed by atoms with Gasteiger partial charge in [-0.05, 0) is 19.1 Å². The summed E-state index contributed by atoms with van der Waals surface area (Å²) >= 11 is 5.80. The van der Waals surface area contributed by atoms with Crippen molar-refractivity contribution < 1.29 is 9.18 Å². The molecule has 3 nitrogen and oxygen atoms in total. The number of hydrogen-bond donors (Lipinski definition) is 1. The molecule has 0 fully saturated rings. The second-order valence-electron chi connectivity index (χ2n) is 3.71. The molecule has 1 rings (SSSR count). The SMILES string of the molecule is CC(CC#N)NC(=O)Cc1c(F)cccc1Cl. The Labute approximate surface area is 104 Å². The molecule has 17 heavy (non-hydrogen) atoms. The Hall–Kier alpha value is -1.60. The van der Waals surface area contributed by atoms with E-state index in [0.717, 1.165) is 0 Å². The maximum Gasteiger partial charge on any atom is 0.224 e. The highest BCUT2D eigenvalue weighted by Crippen LogP contribution is 2.19. The minimum atomic E-state index is -0.499. The minimum Gasteiger partial charge on any atom is -0.352 e. The first-order valence-electron chi connectivity index (χ1n) is 5.13. The smallest absolute Gasteiger partial charge is 0.224 e. The fourth-order valence-corrected chi connectivity index (χ4v) is 1.61. The van der Waals surface area contributed by atoms with Gasteiger partial charge in [0.2, 0.25) is 5.91 Å². The summed E-state index contributed by atoms with van der Waals surface area (Å²) in [5.41, 5.74) is 0.177. The molecule has 0 aliphatic heterocycles. The molecule has 1 aromatic rings. The predicted octanol–water partition coefficient (Wildman–Crippen LogP) is 2.44. The molecular formula is C12H12ClFN2O. The molecule has 0 spiro atoms. The van der Waals surface area contributed by atoms with E-state index in [4.69, 9.17) is 16.9 Å². The van der Waals surface area contributed by atoms with E-state index in [9.17, 15) is 9.18 Å². The zero-order valence-electron chi connectivity index (χ0n) is 9.34. The molecule has 90 valence electrons. The van der Waals surface area contributed by atoms with Crippen molar-refractivity contribution in [3.8, 4) is 6.07 Å². The lowest BCUT2D eigenvalue weighted by Gasteiger charge is -2.11. The lowest BCUT2D eigenvalue weighted by molar-refractivity contribution is -0.121. The summed E-state index contributed by atoms with van der Waals surface area (Å²) in [4.78, 5) is 11.6. The number of nitrogens with zero attached hydrogens (tertiary/aromatic N) is 1. The van der Waals surface area contributed by atoms with E-state index in [1.165, 1.54) is 18.2 Å².